The lowest BCUT2D eigenvalue weighted by Gasteiger charge is -2.09. The Morgan fingerprint density at radius 2 is 1.88 bits per heavy atom. The molecule has 0 radical (unpaired) electrons. The number of benzene rings is 1. The van der Waals surface area contributed by atoms with Crippen molar-refractivity contribution in [3.8, 4) is 34.0 Å². The van der Waals surface area contributed by atoms with Crippen LogP contribution in [0.3, 0.4) is 0 Å². The number of pyridine rings is 1. The van der Waals surface area contributed by atoms with Crippen molar-refractivity contribution < 1.29 is 4.52 Å². The second-order valence-corrected chi connectivity index (χ2v) is 8.87. The van der Waals surface area contributed by atoms with Crippen LogP contribution in [0.5, 0.6) is 0 Å². The average molecular weight is 442 g/mol. The summed E-state index contributed by atoms with van der Waals surface area (Å²) in [5.74, 6) is 1.83. The van der Waals surface area contributed by atoms with Gasteiger partial charge >= 0.3 is 0 Å². The Morgan fingerprint density at radius 1 is 1.12 bits per heavy atom. The maximum absolute atomic E-state index is 12.3. The Morgan fingerprint density at radius 3 is 2.61 bits per heavy atom. The summed E-state index contributed by atoms with van der Waals surface area (Å²) >= 11 is 0. The highest BCUT2D eigenvalue weighted by Crippen LogP contribution is 2.38. The third kappa shape index (κ3) is 4.50. The molecule has 1 aromatic carbocycles. The van der Waals surface area contributed by atoms with E-state index in [-0.39, 0.29) is 5.56 Å². The molecule has 168 valence electrons. The number of nitrogens with one attached hydrogen (secondary N) is 1. The maximum Gasteiger partial charge on any atom is 0.250 e. The zero-order valence-electron chi connectivity index (χ0n) is 19.1. The summed E-state index contributed by atoms with van der Waals surface area (Å²) < 4.78 is 7.44. The van der Waals surface area contributed by atoms with E-state index in [9.17, 15) is 4.79 Å². The van der Waals surface area contributed by atoms with Crippen LogP contribution in [0.1, 0.15) is 24.6 Å². The largest absolute Gasteiger partial charge is 0.354 e. The van der Waals surface area contributed by atoms with Gasteiger partial charge in [0.2, 0.25) is 0 Å². The Balaban J connectivity index is 1.44. The molecule has 3 heterocycles. The van der Waals surface area contributed by atoms with Crippen molar-refractivity contribution in [3.05, 3.63) is 76.5 Å². The van der Waals surface area contributed by atoms with Gasteiger partial charge in [0, 0.05) is 42.5 Å². The molecule has 1 N–H and O–H groups in total. The molecular weight excluding hydrogens is 414 g/mol. The highest BCUT2D eigenvalue weighted by molar-refractivity contribution is 5.68. The Kier molecular flexibility index (Phi) is 5.64. The lowest BCUT2D eigenvalue weighted by Crippen LogP contribution is -2.19. The molecule has 1 fully saturated rings. The van der Waals surface area contributed by atoms with E-state index in [0.717, 1.165) is 35.6 Å². The highest BCUT2D eigenvalue weighted by Gasteiger charge is 2.32. The van der Waals surface area contributed by atoms with E-state index >= 15 is 0 Å². The van der Waals surface area contributed by atoms with Crippen LogP contribution in [0.15, 0.2) is 64.2 Å². The number of rotatable bonds is 7. The van der Waals surface area contributed by atoms with E-state index in [2.05, 4.69) is 34.5 Å². The molecule has 0 saturated heterocycles. The summed E-state index contributed by atoms with van der Waals surface area (Å²) in [5, 5.41) is 7.40. The average Bonchev–Trinajstić information content (AvgIpc) is 3.30. The molecule has 5 rings (SSSR count). The summed E-state index contributed by atoms with van der Waals surface area (Å²) in [6, 6.07) is 13.5. The van der Waals surface area contributed by atoms with Crippen LogP contribution >= 0.6 is 0 Å². The van der Waals surface area contributed by atoms with E-state index < -0.39 is 0 Å². The van der Waals surface area contributed by atoms with Crippen LogP contribution < -0.4 is 10.9 Å². The van der Waals surface area contributed by atoms with Crippen LogP contribution in [0.25, 0.3) is 34.0 Å². The molecule has 2 atom stereocenters. The molecule has 1 saturated carbocycles. The van der Waals surface area contributed by atoms with Gasteiger partial charge in [0.25, 0.3) is 5.56 Å². The predicted molar refractivity (Wildman–Crippen MR) is 127 cm³/mol. The Hall–Kier alpha value is -3.58. The smallest absolute Gasteiger partial charge is 0.250 e. The topological polar surface area (TPSA) is 85.8 Å². The first-order valence-electron chi connectivity index (χ1n) is 11.3. The zero-order chi connectivity index (χ0) is 22.9. The second-order valence-electron chi connectivity index (χ2n) is 8.87. The third-order valence-corrected chi connectivity index (χ3v) is 6.32. The second kappa shape index (κ2) is 8.75. The van der Waals surface area contributed by atoms with Gasteiger partial charge < -0.3 is 14.4 Å². The lowest BCUT2D eigenvalue weighted by molar-refractivity contribution is 0.433. The lowest BCUT2D eigenvalue weighted by atomic mass is 10.1. The fraction of sp³-hybridized carbons (Fsp3) is 0.308. The van der Waals surface area contributed by atoms with Crippen LogP contribution in [0.4, 0.5) is 0 Å². The monoisotopic (exact) mass is 441 g/mol. The van der Waals surface area contributed by atoms with Gasteiger partial charge in [-0.2, -0.15) is 0 Å². The molecule has 4 aromatic rings. The van der Waals surface area contributed by atoms with Gasteiger partial charge in [-0.15, -0.1) is 0 Å². The fourth-order valence-electron chi connectivity index (χ4n) is 4.07. The van der Waals surface area contributed by atoms with Gasteiger partial charge in [-0.1, -0.05) is 36.3 Å². The molecule has 0 amide bonds. The molecule has 0 aliphatic heterocycles. The highest BCUT2D eigenvalue weighted by atomic mass is 16.5. The minimum absolute atomic E-state index is 0.0127. The van der Waals surface area contributed by atoms with Gasteiger partial charge in [-0.3, -0.25) is 9.78 Å². The van der Waals surface area contributed by atoms with E-state index in [4.69, 9.17) is 9.51 Å². The number of hydrogen-bond donors (Lipinski definition) is 1. The Bertz CT molecular complexity index is 1340. The van der Waals surface area contributed by atoms with Gasteiger partial charge in [0.05, 0.1) is 17.6 Å². The number of aryl methyl sites for hydroxylation is 1. The molecular formula is C26H27N5O2. The molecule has 3 aromatic heterocycles. The van der Waals surface area contributed by atoms with Crippen molar-refractivity contribution in [2.75, 3.05) is 7.05 Å². The normalized spacial score (nSPS) is 17.3. The van der Waals surface area contributed by atoms with Crippen LogP contribution in [-0.4, -0.2) is 26.7 Å². The maximum atomic E-state index is 12.3. The van der Waals surface area contributed by atoms with E-state index in [1.165, 1.54) is 12.0 Å². The molecule has 1 aliphatic rings. The molecule has 0 spiro atoms. The van der Waals surface area contributed by atoms with Crippen molar-refractivity contribution in [2.24, 2.45) is 11.8 Å². The fourth-order valence-corrected chi connectivity index (χ4v) is 4.07. The summed E-state index contributed by atoms with van der Waals surface area (Å²) in [7, 11) is 1.93. The molecule has 2 unspecified atom stereocenters. The Labute approximate surface area is 192 Å². The van der Waals surface area contributed by atoms with Gasteiger partial charge in [-0.05, 0) is 43.9 Å². The van der Waals surface area contributed by atoms with E-state index in [1.54, 1.807) is 22.9 Å². The van der Waals surface area contributed by atoms with Crippen LogP contribution in [0, 0.1) is 18.8 Å². The molecule has 0 bridgehead atoms. The van der Waals surface area contributed by atoms with Gasteiger partial charge in [0.15, 0.2) is 5.76 Å². The molecule has 7 nitrogen and oxygen atoms in total. The van der Waals surface area contributed by atoms with Crippen molar-refractivity contribution in [3.63, 3.8) is 0 Å². The third-order valence-electron chi connectivity index (χ3n) is 6.32. The summed E-state index contributed by atoms with van der Waals surface area (Å²) in [6.07, 6.45) is 4.80. The molecule has 33 heavy (non-hydrogen) atoms. The first kappa shape index (κ1) is 21.3. The van der Waals surface area contributed by atoms with Crippen LogP contribution in [-0.2, 0) is 13.1 Å². The summed E-state index contributed by atoms with van der Waals surface area (Å²) in [4.78, 5) is 21.7. The standard InChI is InChI=1S/C26H27N5O2/c1-16-10-21(16)15-31-14-20(8-9-25(31)32)23-13-28-17(2)26(29-23)24-11-22(30-33-24)19-6-4-18(5-7-19)12-27-3/h4-9,11,13-14,16,21,27H,10,12,15H2,1-3H3. The van der Waals surface area contributed by atoms with Crippen molar-refractivity contribution in [1.82, 2.24) is 25.0 Å². The minimum Gasteiger partial charge on any atom is -0.354 e. The van der Waals surface area contributed by atoms with E-state index in [1.807, 2.05) is 38.4 Å². The zero-order valence-corrected chi connectivity index (χ0v) is 19.1. The summed E-state index contributed by atoms with van der Waals surface area (Å²) in [5.41, 5.74) is 5.90. The van der Waals surface area contributed by atoms with Crippen molar-refractivity contribution in [2.45, 2.75) is 33.4 Å². The SMILES string of the molecule is CNCc1ccc(-c2cc(-c3nc(-c4ccc(=O)n(CC5CC5C)c4)cnc3C)on2)cc1. The van der Waals surface area contributed by atoms with Crippen molar-refractivity contribution in [1.29, 1.82) is 0 Å². The quantitative estimate of drug-likeness (QED) is 0.460. The number of nitrogens with zero attached hydrogens (tertiary/aromatic N) is 4. The van der Waals surface area contributed by atoms with Gasteiger partial charge in [0.1, 0.15) is 11.4 Å². The van der Waals surface area contributed by atoms with Crippen molar-refractivity contribution >= 4 is 0 Å². The molecule has 7 heteroatoms. The van der Waals surface area contributed by atoms with Gasteiger partial charge in [-0.25, -0.2) is 4.98 Å². The first-order chi connectivity index (χ1) is 16.0. The summed E-state index contributed by atoms with van der Waals surface area (Å²) in [6.45, 7) is 5.69. The molecule has 1 aliphatic carbocycles. The minimum atomic E-state index is 0.0127. The number of hydrogen-bond acceptors (Lipinski definition) is 6. The van der Waals surface area contributed by atoms with E-state index in [0.29, 0.717) is 29.0 Å². The van der Waals surface area contributed by atoms with Crippen LogP contribution in [0.2, 0.25) is 0 Å². The first-order valence-corrected chi connectivity index (χ1v) is 11.3. The number of aromatic nitrogens is 4. The predicted octanol–water partition coefficient (Wildman–Crippen LogP) is 4.31.